The molecule has 13 rings (SSSR count). The smallest absolute Gasteiger partial charge is 0.337 e. The monoisotopic (exact) mass is 1100 g/mol. The molecule has 5 aliphatic carbocycles. The first-order chi connectivity index (χ1) is 39.1. The summed E-state index contributed by atoms with van der Waals surface area (Å²) in [4.78, 5) is 30.4. The van der Waals surface area contributed by atoms with Crippen molar-refractivity contribution >= 4 is 22.5 Å². The quantitative estimate of drug-likeness (QED) is 0.0601. The van der Waals surface area contributed by atoms with Crippen LogP contribution in [-0.4, -0.2) is 91.5 Å². The molecule has 16 nitrogen and oxygen atoms in total. The summed E-state index contributed by atoms with van der Waals surface area (Å²) in [6.45, 7) is 5.74. The Morgan fingerprint density at radius 2 is 1.83 bits per heavy atom. The Kier molecular flexibility index (Phi) is 13.5. The number of dihydropyridines is 2. The molecule has 13 atom stereocenters. The lowest BCUT2D eigenvalue weighted by Crippen LogP contribution is -2.59. The minimum atomic E-state index is -1.68. The number of fused-ring (bicyclic) bond motifs is 12. The van der Waals surface area contributed by atoms with Gasteiger partial charge in [-0.25, -0.2) is 4.79 Å². The lowest BCUT2D eigenvalue weighted by Gasteiger charge is -2.52. The van der Waals surface area contributed by atoms with E-state index in [4.69, 9.17) is 19.6 Å². The number of esters is 1. The molecule has 4 aliphatic heterocycles. The predicted octanol–water partition coefficient (Wildman–Crippen LogP) is 6.91. The number of aliphatic hydroxyl groups is 5. The molecule has 5 heterocycles. The second-order valence-electron chi connectivity index (χ2n) is 24.4. The maximum atomic E-state index is 15.8. The Morgan fingerprint density at radius 1 is 1.00 bits per heavy atom. The van der Waals surface area contributed by atoms with Gasteiger partial charge in [-0.3, -0.25) is 10.1 Å². The Hall–Kier alpha value is -6.66. The molecule has 13 unspecified atom stereocenters. The van der Waals surface area contributed by atoms with E-state index in [0.717, 1.165) is 57.2 Å². The van der Waals surface area contributed by atoms with E-state index in [1.54, 1.807) is 25.1 Å². The highest BCUT2D eigenvalue weighted by atomic mass is 16.6. The van der Waals surface area contributed by atoms with Crippen molar-refractivity contribution in [1.29, 1.82) is 0 Å². The molecule has 0 saturated heterocycles. The fourth-order valence-corrected chi connectivity index (χ4v) is 16.8. The van der Waals surface area contributed by atoms with Gasteiger partial charge in [0.15, 0.2) is 5.43 Å². The molecule has 3 aromatic carbocycles. The lowest BCUT2D eigenvalue weighted by atomic mass is 9.61. The van der Waals surface area contributed by atoms with Crippen LogP contribution in [0.1, 0.15) is 141 Å². The molecule has 426 valence electrons. The van der Waals surface area contributed by atoms with Gasteiger partial charge in [-0.1, -0.05) is 49.4 Å². The third kappa shape index (κ3) is 8.36. The normalized spacial score (nSPS) is 32.6. The summed E-state index contributed by atoms with van der Waals surface area (Å²) < 4.78 is 21.5. The third-order valence-electron chi connectivity index (χ3n) is 20.4. The number of aliphatic hydroxyl groups excluding tert-OH is 4. The average molecular weight is 1100 g/mol. The number of benzene rings is 3. The van der Waals surface area contributed by atoms with E-state index in [1.807, 2.05) is 25.1 Å². The number of nitrogens with two attached hydrogens (primary N) is 1. The standard InChI is InChI=1S/C65H74N4O12/c1-4-48(65(78)27-35-21-37(65)20-34-19-33(16-18-70)58(75)44-8-6-7-40(35)53(34)44)63(77)80-51-26-46-59(76)56-50(74)25-39(29-71)79-61(56)57-54-43-15-17-68-62(66)55(43)42(14-10-31-9-12-38(73)24-45(31)47(54)30-72)41-13-11-32-23-52(67-5-2)69-28-36(32)22-49(41)64(51,3)81-60(46)57/h4,6-9,12,15,20,23-25,28,33,35,37,41-42,47,49,51-52,54,58,67-73,75-76,78H,5,10-11,13-14,16-19,21-22,26-27,29-30,66H2,1-3H3. The SMILES string of the molecule is CC=C(C(=O)OC1Cc2c3c(c4oc(CO)cc(=O)c4c2O)C2C4=CCNC(N)=C4C(CCc4ccc(O)cc4C2CO)C2CCC4=CC(NCC)NC=C4CC2C1(C)O3)C1(O)CC2CC1C=C1CC(CCO)C(O)c3cccc2c31. The van der Waals surface area contributed by atoms with Gasteiger partial charge < -0.3 is 66.0 Å². The van der Waals surface area contributed by atoms with Gasteiger partial charge in [0.25, 0.3) is 0 Å². The van der Waals surface area contributed by atoms with Gasteiger partial charge in [-0.05, 0) is 176 Å². The number of nitrogens with one attached hydrogen (secondary N) is 3. The molecule has 0 radical (unpaired) electrons. The van der Waals surface area contributed by atoms with E-state index in [9.17, 15) is 40.5 Å². The Bertz CT molecular complexity index is 3540. The molecule has 1 aromatic heterocycles. The zero-order valence-electron chi connectivity index (χ0n) is 46.1. The summed E-state index contributed by atoms with van der Waals surface area (Å²) in [7, 11) is 0. The van der Waals surface area contributed by atoms with Crippen LogP contribution >= 0.6 is 0 Å². The average Bonchev–Trinajstić information content (AvgIpc) is 2.54. The maximum Gasteiger partial charge on any atom is 0.337 e. The molecule has 0 spiro atoms. The van der Waals surface area contributed by atoms with Crippen molar-refractivity contribution in [3.05, 3.63) is 162 Å². The first-order valence-corrected chi connectivity index (χ1v) is 29.3. The van der Waals surface area contributed by atoms with Crippen LogP contribution in [0.3, 0.4) is 0 Å². The van der Waals surface area contributed by atoms with Crippen LogP contribution in [0, 0.1) is 29.6 Å². The van der Waals surface area contributed by atoms with Gasteiger partial charge in [0.05, 0.1) is 24.4 Å². The number of ether oxygens (including phenoxy) is 2. The van der Waals surface area contributed by atoms with E-state index in [2.05, 4.69) is 53.4 Å². The number of rotatable bonds is 9. The molecule has 16 heteroatoms. The van der Waals surface area contributed by atoms with Crippen LogP contribution in [-0.2, 0) is 29.0 Å². The Balaban J connectivity index is 1.02. The lowest BCUT2D eigenvalue weighted by molar-refractivity contribution is -0.171. The van der Waals surface area contributed by atoms with Crippen molar-refractivity contribution in [2.45, 2.75) is 139 Å². The number of likely N-dealkylation sites (N-methyl/N-ethyl adjacent to an activating group) is 1. The first-order valence-electron chi connectivity index (χ1n) is 29.3. The van der Waals surface area contributed by atoms with Crippen molar-refractivity contribution in [3.8, 4) is 17.2 Å². The molecular weight excluding hydrogens is 1030 g/mol. The highest BCUT2D eigenvalue weighted by molar-refractivity contribution is 5.93. The molecule has 2 fully saturated rings. The van der Waals surface area contributed by atoms with Crippen molar-refractivity contribution in [2.24, 2.45) is 35.3 Å². The molecular formula is C65H74N4O12. The third-order valence-corrected chi connectivity index (χ3v) is 20.4. The van der Waals surface area contributed by atoms with Gasteiger partial charge in [-0.15, -0.1) is 0 Å². The van der Waals surface area contributed by atoms with Crippen LogP contribution < -0.4 is 31.8 Å². The minimum absolute atomic E-state index is 0.0103. The van der Waals surface area contributed by atoms with Crippen molar-refractivity contribution in [3.63, 3.8) is 0 Å². The van der Waals surface area contributed by atoms with Gasteiger partial charge in [0, 0.05) is 66.6 Å². The predicted molar refractivity (Wildman–Crippen MR) is 303 cm³/mol. The van der Waals surface area contributed by atoms with Crippen LogP contribution in [0.2, 0.25) is 0 Å². The number of aryl methyl sites for hydroxylation is 1. The topological polar surface area (TPSA) is 269 Å². The number of phenols is 2. The largest absolute Gasteiger partial charge is 0.508 e. The summed E-state index contributed by atoms with van der Waals surface area (Å²) in [5.41, 5.74) is 13.5. The zero-order chi connectivity index (χ0) is 56.4. The van der Waals surface area contributed by atoms with E-state index >= 15 is 4.79 Å². The molecule has 9 aliphatic rings. The number of allylic oxidation sites excluding steroid dienone is 6. The number of phenolic OH excluding ortho intramolecular Hbond substituents is 2. The minimum Gasteiger partial charge on any atom is -0.508 e. The number of carbonyl (C=O) groups is 1. The molecule has 2 saturated carbocycles. The van der Waals surface area contributed by atoms with Crippen molar-refractivity contribution < 1.29 is 54.4 Å². The number of hydrogen-bond acceptors (Lipinski definition) is 16. The number of hydrogen-bond donors (Lipinski definition) is 11. The van der Waals surface area contributed by atoms with Crippen LogP contribution in [0.25, 0.3) is 16.5 Å². The van der Waals surface area contributed by atoms with Gasteiger partial charge in [0.2, 0.25) is 0 Å². The molecule has 81 heavy (non-hydrogen) atoms. The van der Waals surface area contributed by atoms with Crippen LogP contribution in [0.5, 0.6) is 17.2 Å². The summed E-state index contributed by atoms with van der Waals surface area (Å²) in [5.74, 6) is -4.09. The van der Waals surface area contributed by atoms with Crippen molar-refractivity contribution in [1.82, 2.24) is 16.0 Å². The van der Waals surface area contributed by atoms with E-state index < -0.39 is 77.4 Å². The van der Waals surface area contributed by atoms with E-state index in [-0.39, 0.29) is 88.7 Å². The first kappa shape index (κ1) is 53.6. The summed E-state index contributed by atoms with van der Waals surface area (Å²) in [6, 6.07) is 12.4. The fraction of sp³-hybridized carbons (Fsp3) is 0.477. The summed E-state index contributed by atoms with van der Waals surface area (Å²) in [6.07, 6.45) is 12.7. The van der Waals surface area contributed by atoms with Crippen LogP contribution in [0.4, 0.5) is 0 Å². The van der Waals surface area contributed by atoms with Crippen LogP contribution in [0.15, 0.2) is 116 Å². The maximum absolute atomic E-state index is 15.8. The second-order valence-corrected chi connectivity index (χ2v) is 24.4. The molecule has 6 bridgehead atoms. The molecule has 12 N–H and O–H groups in total. The Morgan fingerprint density at radius 3 is 2.60 bits per heavy atom. The van der Waals surface area contributed by atoms with Gasteiger partial charge >= 0.3 is 5.97 Å². The molecule has 0 amide bonds. The summed E-state index contributed by atoms with van der Waals surface area (Å²) in [5, 5.41) is 92.1. The zero-order valence-corrected chi connectivity index (χ0v) is 46.1. The number of aromatic hydroxyl groups is 2. The Labute approximate surface area is 470 Å². The molecule has 4 aromatic rings. The van der Waals surface area contributed by atoms with Crippen molar-refractivity contribution in [2.75, 3.05) is 26.3 Å². The van der Waals surface area contributed by atoms with Gasteiger partial charge in [0.1, 0.15) is 63.7 Å². The fourth-order valence-electron chi connectivity index (χ4n) is 16.8. The highest BCUT2D eigenvalue weighted by Gasteiger charge is 2.59. The van der Waals surface area contributed by atoms with Gasteiger partial charge in [-0.2, -0.15) is 0 Å². The second kappa shape index (κ2) is 20.3. The number of carbonyl (C=O) groups excluding carboxylic acids is 1. The summed E-state index contributed by atoms with van der Waals surface area (Å²) >= 11 is 0. The van der Waals surface area contributed by atoms with E-state index in [1.165, 1.54) is 5.57 Å². The highest BCUT2D eigenvalue weighted by Crippen LogP contribution is 2.62. The van der Waals surface area contributed by atoms with E-state index in [0.29, 0.717) is 74.9 Å².